The van der Waals surface area contributed by atoms with E-state index < -0.39 is 11.5 Å². The summed E-state index contributed by atoms with van der Waals surface area (Å²) in [6.45, 7) is 3.53. The molecule has 1 aliphatic carbocycles. The zero-order chi connectivity index (χ0) is 24.2. The Balaban J connectivity index is 1.39. The molecular formula is C27H32N6O2. The van der Waals surface area contributed by atoms with Gasteiger partial charge < -0.3 is 25.6 Å². The van der Waals surface area contributed by atoms with E-state index in [2.05, 4.69) is 33.0 Å². The van der Waals surface area contributed by atoms with Gasteiger partial charge in [0.2, 0.25) is 0 Å². The number of rotatable bonds is 5. The van der Waals surface area contributed by atoms with Gasteiger partial charge in [-0.2, -0.15) is 0 Å². The zero-order valence-electron chi connectivity index (χ0n) is 20.2. The maximum Gasteiger partial charge on any atom is 0.337 e. The molecule has 0 spiro atoms. The van der Waals surface area contributed by atoms with Crippen LogP contribution in [0.3, 0.4) is 0 Å². The second kappa shape index (κ2) is 8.46. The molecular weight excluding hydrogens is 440 g/mol. The van der Waals surface area contributed by atoms with E-state index >= 15 is 0 Å². The average molecular weight is 473 g/mol. The number of nitrogens with two attached hydrogens (primary N) is 1. The average Bonchev–Trinajstić information content (AvgIpc) is 3.15. The van der Waals surface area contributed by atoms with Crippen LogP contribution in [0.25, 0.3) is 22.5 Å². The Hall–Kier alpha value is -3.23. The highest BCUT2D eigenvalue weighted by molar-refractivity contribution is 5.95. The fourth-order valence-electron chi connectivity index (χ4n) is 5.92. The summed E-state index contributed by atoms with van der Waals surface area (Å²) in [4.78, 5) is 24.2. The third kappa shape index (κ3) is 3.81. The van der Waals surface area contributed by atoms with Gasteiger partial charge in [-0.05, 0) is 61.4 Å². The van der Waals surface area contributed by atoms with Crippen LogP contribution in [0.4, 0.5) is 5.82 Å². The summed E-state index contributed by atoms with van der Waals surface area (Å²) in [5.74, 6) is 0.149. The predicted molar refractivity (Wildman–Crippen MR) is 136 cm³/mol. The van der Waals surface area contributed by atoms with E-state index in [1.54, 1.807) is 0 Å². The SMILES string of the molecule is Cn1c(CC2(N)CNC2)c(C(=O)O)c2c1-c1cc(-c3ccc(N4CCCCC4)nc3)ncc1CC2. The second-order valence-electron chi connectivity index (χ2n) is 10.3. The van der Waals surface area contributed by atoms with Crippen LogP contribution in [0.2, 0.25) is 0 Å². The largest absolute Gasteiger partial charge is 0.478 e. The van der Waals surface area contributed by atoms with Crippen molar-refractivity contribution in [1.82, 2.24) is 19.9 Å². The van der Waals surface area contributed by atoms with Crippen molar-refractivity contribution in [2.75, 3.05) is 31.1 Å². The number of hydrogen-bond acceptors (Lipinski definition) is 6. The number of fused-ring (bicyclic) bond motifs is 3. The van der Waals surface area contributed by atoms with Crippen molar-refractivity contribution in [2.45, 2.75) is 44.1 Å². The van der Waals surface area contributed by atoms with Gasteiger partial charge in [0.15, 0.2) is 0 Å². The number of anilines is 1. The highest BCUT2D eigenvalue weighted by atomic mass is 16.4. The van der Waals surface area contributed by atoms with E-state index in [9.17, 15) is 9.90 Å². The molecule has 0 bridgehead atoms. The molecule has 8 nitrogen and oxygen atoms in total. The van der Waals surface area contributed by atoms with Crippen LogP contribution in [0.5, 0.6) is 0 Å². The first-order chi connectivity index (χ1) is 16.9. The monoisotopic (exact) mass is 472 g/mol. The lowest BCUT2D eigenvalue weighted by atomic mass is 9.85. The van der Waals surface area contributed by atoms with Crippen molar-refractivity contribution in [3.63, 3.8) is 0 Å². The molecule has 3 aromatic rings. The van der Waals surface area contributed by atoms with E-state index in [4.69, 9.17) is 15.7 Å². The van der Waals surface area contributed by atoms with Crippen molar-refractivity contribution >= 4 is 11.8 Å². The van der Waals surface area contributed by atoms with Crippen molar-refractivity contribution in [1.29, 1.82) is 0 Å². The fourth-order valence-corrected chi connectivity index (χ4v) is 5.92. The van der Waals surface area contributed by atoms with Crippen molar-refractivity contribution in [3.05, 3.63) is 53.0 Å². The van der Waals surface area contributed by atoms with E-state index in [0.717, 1.165) is 64.7 Å². The Kier molecular flexibility index (Phi) is 5.38. The van der Waals surface area contributed by atoms with Gasteiger partial charge in [-0.1, -0.05) is 0 Å². The number of nitrogens with zero attached hydrogens (tertiary/aromatic N) is 4. The van der Waals surface area contributed by atoms with Gasteiger partial charge in [-0.3, -0.25) is 4.98 Å². The summed E-state index contributed by atoms with van der Waals surface area (Å²) < 4.78 is 2.06. The molecule has 4 N–H and O–H groups in total. The molecule has 0 unspecified atom stereocenters. The number of pyridine rings is 2. The number of aromatic nitrogens is 3. The fraction of sp³-hybridized carbons (Fsp3) is 0.444. The maximum atomic E-state index is 12.4. The number of carbonyl (C=O) groups is 1. The van der Waals surface area contributed by atoms with Gasteiger partial charge in [-0.25, -0.2) is 9.78 Å². The van der Waals surface area contributed by atoms with Crippen molar-refractivity contribution in [3.8, 4) is 22.5 Å². The molecule has 182 valence electrons. The first-order valence-corrected chi connectivity index (χ1v) is 12.6. The van der Waals surface area contributed by atoms with Gasteiger partial charge in [0.1, 0.15) is 5.82 Å². The quantitative estimate of drug-likeness (QED) is 0.524. The van der Waals surface area contributed by atoms with Crippen LogP contribution >= 0.6 is 0 Å². The number of carboxylic acids is 1. The van der Waals surface area contributed by atoms with E-state index in [-0.39, 0.29) is 0 Å². The zero-order valence-corrected chi connectivity index (χ0v) is 20.2. The smallest absolute Gasteiger partial charge is 0.337 e. The normalized spacial score (nSPS) is 18.5. The molecule has 0 aromatic carbocycles. The highest BCUT2D eigenvalue weighted by Crippen LogP contribution is 2.40. The van der Waals surface area contributed by atoms with Gasteiger partial charge in [-0.15, -0.1) is 0 Å². The molecule has 5 heterocycles. The Morgan fingerprint density at radius 2 is 1.94 bits per heavy atom. The lowest BCUT2D eigenvalue weighted by Crippen LogP contribution is -2.67. The molecule has 0 amide bonds. The highest BCUT2D eigenvalue weighted by Gasteiger charge is 2.38. The minimum atomic E-state index is -0.872. The molecule has 35 heavy (non-hydrogen) atoms. The molecule has 3 aliphatic rings. The number of carboxylic acid groups (broad SMARTS) is 1. The Morgan fingerprint density at radius 3 is 2.60 bits per heavy atom. The molecule has 6 rings (SSSR count). The summed E-state index contributed by atoms with van der Waals surface area (Å²) in [6.07, 6.45) is 9.60. The number of hydrogen-bond donors (Lipinski definition) is 3. The molecule has 2 saturated heterocycles. The summed E-state index contributed by atoms with van der Waals surface area (Å²) in [5.41, 5.74) is 13.3. The van der Waals surface area contributed by atoms with E-state index in [1.165, 1.54) is 19.3 Å². The lowest BCUT2D eigenvalue weighted by Gasteiger charge is -2.39. The summed E-state index contributed by atoms with van der Waals surface area (Å²) in [5, 5.41) is 13.4. The Bertz CT molecular complexity index is 1290. The third-order valence-corrected chi connectivity index (χ3v) is 7.91. The molecule has 8 heteroatoms. The first-order valence-electron chi connectivity index (χ1n) is 12.6. The predicted octanol–water partition coefficient (Wildman–Crippen LogP) is 2.78. The molecule has 0 saturated carbocycles. The van der Waals surface area contributed by atoms with Crippen LogP contribution < -0.4 is 16.0 Å². The number of nitrogens with one attached hydrogen (secondary N) is 1. The number of piperidine rings is 1. The third-order valence-electron chi connectivity index (χ3n) is 7.91. The second-order valence-corrected chi connectivity index (χ2v) is 10.3. The molecule has 2 fully saturated rings. The minimum Gasteiger partial charge on any atom is -0.478 e. The summed E-state index contributed by atoms with van der Waals surface area (Å²) >= 11 is 0. The van der Waals surface area contributed by atoms with E-state index in [0.29, 0.717) is 31.5 Å². The minimum absolute atomic E-state index is 0.396. The van der Waals surface area contributed by atoms with Gasteiger partial charge >= 0.3 is 5.97 Å². The van der Waals surface area contributed by atoms with Crippen LogP contribution in [0, 0.1) is 0 Å². The standard InChI is InChI=1S/C27H32N6O2/c1-32-22(12-27(28)15-29-16-27)24(26(34)35)19-7-5-17-13-30-21(11-20(17)25(19)32)18-6-8-23(31-14-18)33-9-3-2-4-10-33/h6,8,11,13-14,29H,2-5,7,9-10,12,15-16,28H2,1H3,(H,34,35). The molecule has 3 aromatic heterocycles. The van der Waals surface area contributed by atoms with Crippen LogP contribution in [0.15, 0.2) is 30.6 Å². The number of aryl methyl sites for hydroxylation is 1. The van der Waals surface area contributed by atoms with Crippen molar-refractivity contribution < 1.29 is 9.90 Å². The molecule has 2 aliphatic heterocycles. The van der Waals surface area contributed by atoms with Gasteiger partial charge in [0.25, 0.3) is 0 Å². The first kappa shape index (κ1) is 22.2. The van der Waals surface area contributed by atoms with Crippen molar-refractivity contribution in [2.24, 2.45) is 12.8 Å². The van der Waals surface area contributed by atoms with Crippen LogP contribution in [0.1, 0.15) is 46.4 Å². The van der Waals surface area contributed by atoms with Gasteiger partial charge in [0.05, 0.1) is 17.0 Å². The Labute approximate surface area is 205 Å². The number of aromatic carboxylic acids is 1. The lowest BCUT2D eigenvalue weighted by molar-refractivity contribution is 0.0693. The molecule has 0 radical (unpaired) electrons. The van der Waals surface area contributed by atoms with E-state index in [1.807, 2.05) is 19.4 Å². The van der Waals surface area contributed by atoms with Crippen LogP contribution in [-0.4, -0.2) is 57.3 Å². The topological polar surface area (TPSA) is 109 Å². The van der Waals surface area contributed by atoms with Crippen LogP contribution in [-0.2, 0) is 26.3 Å². The Morgan fingerprint density at radius 1 is 1.14 bits per heavy atom. The summed E-state index contributed by atoms with van der Waals surface area (Å²) in [6, 6.07) is 6.28. The van der Waals surface area contributed by atoms with Gasteiger partial charge in [0, 0.05) is 74.4 Å². The maximum absolute atomic E-state index is 12.4. The molecule has 0 atom stereocenters. The summed E-state index contributed by atoms with van der Waals surface area (Å²) in [7, 11) is 1.97.